The second kappa shape index (κ2) is 10.4. The lowest BCUT2D eigenvalue weighted by atomic mass is 9.60. The van der Waals surface area contributed by atoms with Crippen molar-refractivity contribution in [3.8, 4) is 11.8 Å². The zero-order valence-electron chi connectivity index (χ0n) is 19.4. The van der Waals surface area contributed by atoms with Gasteiger partial charge in [0.05, 0.1) is 6.54 Å². The Kier molecular flexibility index (Phi) is 8.69. The average molecular weight is 416 g/mol. The molecule has 0 radical (unpaired) electrons. The van der Waals surface area contributed by atoms with Crippen molar-refractivity contribution in [1.82, 2.24) is 4.90 Å². The molecule has 2 saturated carbocycles. The third kappa shape index (κ3) is 7.04. The van der Waals surface area contributed by atoms with Gasteiger partial charge in [0.2, 0.25) is 0 Å². The standard InChI is InChI=1S/C27H41N.ClH/c1-6-28(25-12-8-7-9-13-25)18-10-11-22-14-16-23(17-15-22)24-19-26(2,3)21-27(4,5)20-24;/h14-17,24-25H,6-9,12-13,18-21H2,1-5H3;1H. The van der Waals surface area contributed by atoms with Gasteiger partial charge < -0.3 is 0 Å². The van der Waals surface area contributed by atoms with E-state index in [-0.39, 0.29) is 12.4 Å². The van der Waals surface area contributed by atoms with E-state index in [4.69, 9.17) is 0 Å². The van der Waals surface area contributed by atoms with Gasteiger partial charge in [-0.3, -0.25) is 4.90 Å². The monoisotopic (exact) mass is 415 g/mol. The van der Waals surface area contributed by atoms with Crippen LogP contribution in [0.15, 0.2) is 24.3 Å². The Hall–Kier alpha value is -0.970. The predicted molar refractivity (Wildman–Crippen MR) is 129 cm³/mol. The highest BCUT2D eigenvalue weighted by Crippen LogP contribution is 2.51. The van der Waals surface area contributed by atoms with E-state index in [0.717, 1.165) is 24.7 Å². The molecule has 0 bridgehead atoms. The lowest BCUT2D eigenvalue weighted by Gasteiger charge is -2.45. The van der Waals surface area contributed by atoms with Crippen molar-refractivity contribution in [1.29, 1.82) is 0 Å². The van der Waals surface area contributed by atoms with Gasteiger partial charge in [-0.15, -0.1) is 12.4 Å². The molecule has 0 amide bonds. The Labute approximate surface area is 186 Å². The number of nitrogens with zero attached hydrogens (tertiary/aromatic N) is 1. The van der Waals surface area contributed by atoms with Crippen LogP contribution in [0.1, 0.15) is 103 Å². The molecule has 2 heteroatoms. The molecular weight excluding hydrogens is 374 g/mol. The first kappa shape index (κ1) is 24.3. The highest BCUT2D eigenvalue weighted by molar-refractivity contribution is 5.85. The van der Waals surface area contributed by atoms with E-state index in [1.54, 1.807) is 0 Å². The molecule has 2 aliphatic carbocycles. The Morgan fingerprint density at radius 2 is 1.52 bits per heavy atom. The van der Waals surface area contributed by atoms with E-state index in [0.29, 0.717) is 16.7 Å². The summed E-state index contributed by atoms with van der Waals surface area (Å²) in [4.78, 5) is 2.58. The second-order valence-corrected chi connectivity index (χ2v) is 10.9. The maximum Gasteiger partial charge on any atom is 0.0607 e. The van der Waals surface area contributed by atoms with Crippen LogP contribution in [0.2, 0.25) is 0 Å². The molecule has 162 valence electrons. The summed E-state index contributed by atoms with van der Waals surface area (Å²) in [6.45, 7) is 14.1. The molecule has 0 N–H and O–H groups in total. The molecule has 0 spiro atoms. The van der Waals surface area contributed by atoms with E-state index in [9.17, 15) is 0 Å². The van der Waals surface area contributed by atoms with Gasteiger partial charge in [-0.05, 0) is 73.1 Å². The topological polar surface area (TPSA) is 3.24 Å². The van der Waals surface area contributed by atoms with E-state index < -0.39 is 0 Å². The Balaban J connectivity index is 0.00000300. The minimum Gasteiger partial charge on any atom is -0.290 e. The van der Waals surface area contributed by atoms with E-state index in [2.05, 4.69) is 75.6 Å². The molecule has 0 atom stereocenters. The van der Waals surface area contributed by atoms with Crippen LogP contribution in [0.4, 0.5) is 0 Å². The lowest BCUT2D eigenvalue weighted by Crippen LogP contribution is -2.36. The third-order valence-corrected chi connectivity index (χ3v) is 6.95. The number of hydrogen-bond donors (Lipinski definition) is 0. The van der Waals surface area contributed by atoms with Crippen molar-refractivity contribution < 1.29 is 0 Å². The first-order valence-electron chi connectivity index (χ1n) is 11.6. The third-order valence-electron chi connectivity index (χ3n) is 6.95. The van der Waals surface area contributed by atoms with Crippen molar-refractivity contribution >= 4 is 12.4 Å². The number of hydrogen-bond acceptors (Lipinski definition) is 1. The fourth-order valence-corrected chi connectivity index (χ4v) is 6.11. The maximum atomic E-state index is 3.45. The van der Waals surface area contributed by atoms with Gasteiger partial charge >= 0.3 is 0 Å². The molecular formula is C27H42ClN. The smallest absolute Gasteiger partial charge is 0.0607 e. The average Bonchev–Trinajstić information content (AvgIpc) is 2.64. The molecule has 0 unspecified atom stereocenters. The molecule has 2 fully saturated rings. The molecule has 0 aliphatic heterocycles. The van der Waals surface area contributed by atoms with Crippen LogP contribution >= 0.6 is 12.4 Å². The second-order valence-electron chi connectivity index (χ2n) is 10.9. The van der Waals surface area contributed by atoms with Crippen LogP contribution in [-0.2, 0) is 0 Å². The predicted octanol–water partition coefficient (Wildman–Crippen LogP) is 7.43. The van der Waals surface area contributed by atoms with Gasteiger partial charge in [0, 0.05) is 11.6 Å². The molecule has 1 nitrogen and oxygen atoms in total. The first-order chi connectivity index (χ1) is 13.3. The van der Waals surface area contributed by atoms with Crippen molar-refractivity contribution in [2.75, 3.05) is 13.1 Å². The van der Waals surface area contributed by atoms with Crippen LogP contribution in [0.5, 0.6) is 0 Å². The van der Waals surface area contributed by atoms with Crippen LogP contribution < -0.4 is 0 Å². The van der Waals surface area contributed by atoms with E-state index >= 15 is 0 Å². The Morgan fingerprint density at radius 3 is 2.07 bits per heavy atom. The summed E-state index contributed by atoms with van der Waals surface area (Å²) in [7, 11) is 0. The fraction of sp³-hybridized carbons (Fsp3) is 0.704. The van der Waals surface area contributed by atoms with Gasteiger partial charge in [-0.1, -0.05) is 77.9 Å². The van der Waals surface area contributed by atoms with Gasteiger partial charge in [0.15, 0.2) is 0 Å². The number of benzene rings is 1. The summed E-state index contributed by atoms with van der Waals surface area (Å²) in [5.74, 6) is 7.55. The highest BCUT2D eigenvalue weighted by atomic mass is 35.5. The summed E-state index contributed by atoms with van der Waals surface area (Å²) in [5, 5.41) is 0. The number of halogens is 1. The minimum absolute atomic E-state index is 0. The zero-order chi connectivity index (χ0) is 20.2. The van der Waals surface area contributed by atoms with Crippen LogP contribution in [0.25, 0.3) is 0 Å². The van der Waals surface area contributed by atoms with Crippen molar-refractivity contribution in [3.05, 3.63) is 35.4 Å². The lowest BCUT2D eigenvalue weighted by molar-refractivity contribution is 0.0969. The summed E-state index contributed by atoms with van der Waals surface area (Å²) < 4.78 is 0. The van der Waals surface area contributed by atoms with Gasteiger partial charge in [-0.25, -0.2) is 0 Å². The van der Waals surface area contributed by atoms with Gasteiger partial charge in [0.1, 0.15) is 0 Å². The van der Waals surface area contributed by atoms with Gasteiger partial charge in [-0.2, -0.15) is 0 Å². The molecule has 3 rings (SSSR count). The van der Waals surface area contributed by atoms with E-state index in [1.807, 2.05) is 0 Å². The van der Waals surface area contributed by atoms with Crippen molar-refractivity contribution in [3.63, 3.8) is 0 Å². The normalized spacial score (nSPS) is 21.9. The molecule has 29 heavy (non-hydrogen) atoms. The van der Waals surface area contributed by atoms with Crippen molar-refractivity contribution in [2.24, 2.45) is 10.8 Å². The van der Waals surface area contributed by atoms with Gasteiger partial charge in [0.25, 0.3) is 0 Å². The molecule has 1 aromatic rings. The Morgan fingerprint density at radius 1 is 0.931 bits per heavy atom. The fourth-order valence-electron chi connectivity index (χ4n) is 6.11. The summed E-state index contributed by atoms with van der Waals surface area (Å²) >= 11 is 0. The molecule has 0 saturated heterocycles. The van der Waals surface area contributed by atoms with Crippen molar-refractivity contribution in [2.45, 2.75) is 97.9 Å². The zero-order valence-corrected chi connectivity index (χ0v) is 20.2. The van der Waals surface area contributed by atoms with Crippen LogP contribution in [0.3, 0.4) is 0 Å². The molecule has 0 heterocycles. The quantitative estimate of drug-likeness (QED) is 0.462. The number of rotatable bonds is 4. The molecule has 1 aromatic carbocycles. The van der Waals surface area contributed by atoms with E-state index in [1.165, 1.54) is 56.9 Å². The first-order valence-corrected chi connectivity index (χ1v) is 11.6. The Bertz CT molecular complexity index is 669. The highest BCUT2D eigenvalue weighted by Gasteiger charge is 2.38. The largest absolute Gasteiger partial charge is 0.290 e. The maximum absolute atomic E-state index is 3.45. The minimum atomic E-state index is 0. The SMILES string of the molecule is CCN(CC#Cc1ccc(C2CC(C)(C)CC(C)(C)C2)cc1)C1CCCCC1.Cl. The summed E-state index contributed by atoms with van der Waals surface area (Å²) in [6, 6.07) is 9.92. The van der Waals surface area contributed by atoms with Crippen LogP contribution in [-0.4, -0.2) is 24.0 Å². The summed E-state index contributed by atoms with van der Waals surface area (Å²) in [5.41, 5.74) is 3.54. The molecule has 0 aromatic heterocycles. The summed E-state index contributed by atoms with van der Waals surface area (Å²) in [6.07, 6.45) is 10.9. The van der Waals surface area contributed by atoms with Crippen LogP contribution in [0, 0.1) is 22.7 Å². The molecule has 2 aliphatic rings.